The van der Waals surface area contributed by atoms with Crippen molar-refractivity contribution in [2.75, 3.05) is 20.3 Å². The molecule has 0 radical (unpaired) electrons. The third kappa shape index (κ3) is 5.43. The molecule has 3 N–H and O–H groups in total. The zero-order valence-electron chi connectivity index (χ0n) is 11.1. The monoisotopic (exact) mass is 251 g/mol. The van der Waals surface area contributed by atoms with Crippen molar-refractivity contribution in [3.63, 3.8) is 0 Å². The van der Waals surface area contributed by atoms with Crippen LogP contribution in [0.2, 0.25) is 0 Å². The van der Waals surface area contributed by atoms with Crippen molar-refractivity contribution in [3.05, 3.63) is 24.3 Å². The van der Waals surface area contributed by atoms with Crippen LogP contribution in [0, 0.1) is 0 Å². The van der Waals surface area contributed by atoms with E-state index in [2.05, 4.69) is 10.3 Å². The molecule has 5 heteroatoms. The van der Waals surface area contributed by atoms with Crippen LogP contribution in [0.1, 0.15) is 13.8 Å². The first-order valence-corrected chi connectivity index (χ1v) is 5.95. The quantitative estimate of drug-likeness (QED) is 0.455. The fourth-order valence-electron chi connectivity index (χ4n) is 1.36. The lowest BCUT2D eigenvalue weighted by Crippen LogP contribution is -2.37. The maximum absolute atomic E-state index is 5.66. The summed E-state index contributed by atoms with van der Waals surface area (Å²) in [4.78, 5) is 4.15. The summed E-state index contributed by atoms with van der Waals surface area (Å²) in [6, 6.07) is 7.75. The maximum Gasteiger partial charge on any atom is 0.188 e. The molecular weight excluding hydrogens is 230 g/mol. The molecule has 0 fully saturated rings. The number of nitrogens with two attached hydrogens (primary N) is 1. The molecule has 0 aliphatic rings. The van der Waals surface area contributed by atoms with Crippen molar-refractivity contribution in [2.24, 2.45) is 10.7 Å². The second-order valence-corrected chi connectivity index (χ2v) is 4.09. The van der Waals surface area contributed by atoms with Gasteiger partial charge in [0.25, 0.3) is 0 Å². The van der Waals surface area contributed by atoms with Gasteiger partial charge >= 0.3 is 0 Å². The van der Waals surface area contributed by atoms with E-state index in [0.717, 1.165) is 11.5 Å². The average Bonchev–Trinajstić information content (AvgIpc) is 2.34. The van der Waals surface area contributed by atoms with Crippen molar-refractivity contribution in [3.8, 4) is 11.5 Å². The first-order valence-electron chi connectivity index (χ1n) is 5.95. The lowest BCUT2D eigenvalue weighted by molar-refractivity contribution is 0.325. The van der Waals surface area contributed by atoms with E-state index in [1.807, 2.05) is 38.1 Å². The minimum Gasteiger partial charge on any atom is -0.497 e. The Hall–Kier alpha value is -1.91. The van der Waals surface area contributed by atoms with Gasteiger partial charge in [-0.15, -0.1) is 0 Å². The van der Waals surface area contributed by atoms with Crippen molar-refractivity contribution < 1.29 is 9.47 Å². The van der Waals surface area contributed by atoms with E-state index >= 15 is 0 Å². The van der Waals surface area contributed by atoms with Crippen LogP contribution >= 0.6 is 0 Å². The minimum atomic E-state index is 0.285. The molecule has 1 rings (SSSR count). The lowest BCUT2D eigenvalue weighted by Gasteiger charge is -2.09. The molecule has 0 aliphatic carbocycles. The number of methoxy groups -OCH3 is 1. The molecule has 0 heterocycles. The zero-order chi connectivity index (χ0) is 13.4. The number of hydrogen-bond donors (Lipinski definition) is 2. The molecule has 1 aromatic rings. The summed E-state index contributed by atoms with van der Waals surface area (Å²) in [6.45, 7) is 5.01. The highest BCUT2D eigenvalue weighted by molar-refractivity contribution is 5.78. The highest BCUT2D eigenvalue weighted by atomic mass is 16.5. The fraction of sp³-hybridized carbons (Fsp3) is 0.462. The van der Waals surface area contributed by atoms with Crippen molar-refractivity contribution in [1.82, 2.24) is 5.32 Å². The van der Waals surface area contributed by atoms with Crippen LogP contribution in [-0.2, 0) is 0 Å². The lowest BCUT2D eigenvalue weighted by atomic mass is 10.3. The molecule has 0 amide bonds. The Kier molecular flexibility index (Phi) is 5.84. The molecule has 0 atom stereocenters. The molecule has 0 aromatic heterocycles. The molecule has 18 heavy (non-hydrogen) atoms. The smallest absolute Gasteiger partial charge is 0.188 e. The first-order chi connectivity index (χ1) is 8.61. The summed E-state index contributed by atoms with van der Waals surface area (Å²) in [5.41, 5.74) is 5.66. The Morgan fingerprint density at radius 1 is 1.39 bits per heavy atom. The van der Waals surface area contributed by atoms with Gasteiger partial charge in [0.1, 0.15) is 18.1 Å². The molecule has 5 nitrogen and oxygen atoms in total. The average molecular weight is 251 g/mol. The van der Waals surface area contributed by atoms with Gasteiger partial charge in [0.05, 0.1) is 13.7 Å². The molecule has 100 valence electrons. The number of ether oxygens (including phenoxy) is 2. The highest BCUT2D eigenvalue weighted by Crippen LogP contribution is 2.18. The predicted octanol–water partition coefficient (Wildman–Crippen LogP) is 1.39. The first kappa shape index (κ1) is 14.2. The number of guanidine groups is 1. The Bertz CT molecular complexity index is 392. The number of benzene rings is 1. The van der Waals surface area contributed by atoms with Gasteiger partial charge in [-0.3, -0.25) is 0 Å². The van der Waals surface area contributed by atoms with Crippen LogP contribution in [-0.4, -0.2) is 32.3 Å². The number of nitrogens with one attached hydrogen (secondary N) is 1. The molecule has 1 aromatic carbocycles. The topological polar surface area (TPSA) is 68.9 Å². The Labute approximate surface area is 108 Å². The molecule has 0 spiro atoms. The minimum absolute atomic E-state index is 0.285. The van der Waals surface area contributed by atoms with Crippen molar-refractivity contribution in [2.45, 2.75) is 19.9 Å². The number of rotatable bonds is 6. The largest absolute Gasteiger partial charge is 0.497 e. The number of hydrogen-bond acceptors (Lipinski definition) is 3. The van der Waals surface area contributed by atoms with Crippen LogP contribution < -0.4 is 20.5 Å². The molecule has 0 saturated heterocycles. The van der Waals surface area contributed by atoms with Crippen LogP contribution in [0.5, 0.6) is 11.5 Å². The second kappa shape index (κ2) is 7.42. The number of nitrogens with zero attached hydrogens (tertiary/aromatic N) is 1. The zero-order valence-corrected chi connectivity index (χ0v) is 11.1. The van der Waals surface area contributed by atoms with E-state index in [0.29, 0.717) is 19.1 Å². The van der Waals surface area contributed by atoms with Gasteiger partial charge in [-0.25, -0.2) is 4.99 Å². The third-order valence-corrected chi connectivity index (χ3v) is 2.12. The van der Waals surface area contributed by atoms with E-state index in [1.165, 1.54) is 0 Å². The molecule has 0 saturated carbocycles. The van der Waals surface area contributed by atoms with E-state index in [-0.39, 0.29) is 6.04 Å². The Morgan fingerprint density at radius 3 is 2.78 bits per heavy atom. The van der Waals surface area contributed by atoms with Gasteiger partial charge < -0.3 is 20.5 Å². The molecule has 0 aliphatic heterocycles. The molecular formula is C13H21N3O2. The normalized spacial score (nSPS) is 11.4. The van der Waals surface area contributed by atoms with Crippen LogP contribution in [0.25, 0.3) is 0 Å². The summed E-state index contributed by atoms with van der Waals surface area (Å²) < 4.78 is 10.6. The van der Waals surface area contributed by atoms with Crippen molar-refractivity contribution in [1.29, 1.82) is 0 Å². The third-order valence-electron chi connectivity index (χ3n) is 2.12. The summed E-state index contributed by atoms with van der Waals surface area (Å²) in [7, 11) is 1.63. The van der Waals surface area contributed by atoms with Crippen LogP contribution in [0.15, 0.2) is 29.3 Å². The Morgan fingerprint density at radius 2 is 2.11 bits per heavy atom. The number of aliphatic imine (C=N–C) groups is 1. The molecule has 0 bridgehead atoms. The molecule has 0 unspecified atom stereocenters. The van der Waals surface area contributed by atoms with E-state index < -0.39 is 0 Å². The van der Waals surface area contributed by atoms with Gasteiger partial charge in [-0.2, -0.15) is 0 Å². The summed E-state index contributed by atoms with van der Waals surface area (Å²) >= 11 is 0. The summed E-state index contributed by atoms with van der Waals surface area (Å²) in [5.74, 6) is 1.98. The highest BCUT2D eigenvalue weighted by Gasteiger charge is 1.97. The van der Waals surface area contributed by atoms with E-state index in [9.17, 15) is 0 Å². The predicted molar refractivity (Wildman–Crippen MR) is 73.3 cm³/mol. The van der Waals surface area contributed by atoms with E-state index in [1.54, 1.807) is 7.11 Å². The summed E-state index contributed by atoms with van der Waals surface area (Å²) in [5, 5.41) is 3.01. The van der Waals surface area contributed by atoms with Crippen LogP contribution in [0.4, 0.5) is 0 Å². The Balaban J connectivity index is 2.33. The van der Waals surface area contributed by atoms with E-state index in [4.69, 9.17) is 15.2 Å². The van der Waals surface area contributed by atoms with Gasteiger partial charge in [0, 0.05) is 12.1 Å². The second-order valence-electron chi connectivity index (χ2n) is 4.09. The van der Waals surface area contributed by atoms with Crippen molar-refractivity contribution >= 4 is 5.96 Å². The van der Waals surface area contributed by atoms with Gasteiger partial charge in [0.15, 0.2) is 5.96 Å². The van der Waals surface area contributed by atoms with Crippen LogP contribution in [0.3, 0.4) is 0 Å². The van der Waals surface area contributed by atoms with Gasteiger partial charge in [-0.1, -0.05) is 6.07 Å². The summed E-state index contributed by atoms with van der Waals surface area (Å²) in [6.07, 6.45) is 0. The maximum atomic E-state index is 5.66. The SMILES string of the molecule is COc1cccc(OCCN=C(N)NC(C)C)c1. The van der Waals surface area contributed by atoms with Gasteiger partial charge in [0.2, 0.25) is 0 Å². The van der Waals surface area contributed by atoms with Gasteiger partial charge in [-0.05, 0) is 26.0 Å². The fourth-order valence-corrected chi connectivity index (χ4v) is 1.36. The standard InChI is InChI=1S/C13H21N3O2/c1-10(2)16-13(14)15-7-8-18-12-6-4-5-11(9-12)17-3/h4-6,9-10H,7-8H2,1-3H3,(H3,14,15,16).